The maximum Gasteiger partial charge on any atom is 0.160 e. The molecule has 2 rings (SSSR count). The first-order valence-electron chi connectivity index (χ1n) is 5.76. The zero-order chi connectivity index (χ0) is 11.5. The Hall–Kier alpha value is -1.22. The molecule has 0 spiro atoms. The quantitative estimate of drug-likeness (QED) is 0.778. The van der Waals surface area contributed by atoms with Crippen LogP contribution in [0.5, 0.6) is 11.5 Å². The van der Waals surface area contributed by atoms with Crippen LogP contribution in [0, 0.1) is 0 Å². The van der Waals surface area contributed by atoms with Crippen LogP contribution in [0.3, 0.4) is 0 Å². The number of phenolic OH excluding ortho intramolecular Hbond substituents is 1. The van der Waals surface area contributed by atoms with Crippen LogP contribution in [0.2, 0.25) is 0 Å². The summed E-state index contributed by atoms with van der Waals surface area (Å²) in [6.45, 7) is 2.13. The molecule has 1 fully saturated rings. The van der Waals surface area contributed by atoms with Crippen LogP contribution in [0.4, 0.5) is 0 Å². The van der Waals surface area contributed by atoms with Crippen molar-refractivity contribution < 1.29 is 14.6 Å². The van der Waals surface area contributed by atoms with E-state index in [4.69, 9.17) is 9.47 Å². The molecule has 0 saturated carbocycles. The van der Waals surface area contributed by atoms with Crippen LogP contribution >= 0.6 is 0 Å². The molecule has 1 aliphatic rings. The van der Waals surface area contributed by atoms with Crippen LogP contribution in [-0.2, 0) is 11.2 Å². The number of hydrogen-bond donors (Lipinski definition) is 1. The third kappa shape index (κ3) is 2.30. The summed E-state index contributed by atoms with van der Waals surface area (Å²) in [6.07, 6.45) is 3.71. The van der Waals surface area contributed by atoms with Gasteiger partial charge in [0.05, 0.1) is 19.3 Å². The molecule has 1 saturated heterocycles. The molecule has 0 aliphatic carbocycles. The first-order valence-corrected chi connectivity index (χ1v) is 5.76. The van der Waals surface area contributed by atoms with Crippen molar-refractivity contribution in [2.45, 2.75) is 38.4 Å². The van der Waals surface area contributed by atoms with E-state index in [0.29, 0.717) is 18.0 Å². The molecular weight excluding hydrogens is 204 g/mol. The third-order valence-electron chi connectivity index (χ3n) is 3.09. The van der Waals surface area contributed by atoms with Gasteiger partial charge in [0.1, 0.15) is 0 Å². The van der Waals surface area contributed by atoms with Gasteiger partial charge in [0.15, 0.2) is 11.5 Å². The van der Waals surface area contributed by atoms with E-state index >= 15 is 0 Å². The van der Waals surface area contributed by atoms with Gasteiger partial charge in [-0.15, -0.1) is 0 Å². The maximum absolute atomic E-state index is 9.88. The largest absolute Gasteiger partial charge is 0.504 e. The monoisotopic (exact) mass is 222 g/mol. The van der Waals surface area contributed by atoms with Crippen molar-refractivity contribution in [2.24, 2.45) is 0 Å². The lowest BCUT2D eigenvalue weighted by atomic mass is 10.0. The second-order valence-corrected chi connectivity index (χ2v) is 4.13. The third-order valence-corrected chi connectivity index (χ3v) is 3.09. The highest BCUT2D eigenvalue weighted by Crippen LogP contribution is 2.33. The summed E-state index contributed by atoms with van der Waals surface area (Å²) in [5, 5.41) is 9.88. The van der Waals surface area contributed by atoms with E-state index in [-0.39, 0.29) is 5.75 Å². The van der Waals surface area contributed by atoms with Gasteiger partial charge in [0.2, 0.25) is 0 Å². The van der Waals surface area contributed by atoms with Gasteiger partial charge in [-0.25, -0.2) is 0 Å². The maximum atomic E-state index is 9.88. The number of aryl methyl sites for hydroxylation is 1. The molecular formula is C13H18O3. The van der Waals surface area contributed by atoms with Crippen molar-refractivity contribution >= 4 is 0 Å². The summed E-state index contributed by atoms with van der Waals surface area (Å²) in [7, 11) is 1.57. The van der Waals surface area contributed by atoms with E-state index in [1.165, 1.54) is 0 Å². The van der Waals surface area contributed by atoms with E-state index in [2.05, 4.69) is 6.92 Å². The Morgan fingerprint density at radius 1 is 1.38 bits per heavy atom. The van der Waals surface area contributed by atoms with Crippen molar-refractivity contribution in [2.75, 3.05) is 7.11 Å². The van der Waals surface area contributed by atoms with Crippen molar-refractivity contribution in [3.05, 3.63) is 23.8 Å². The van der Waals surface area contributed by atoms with Crippen LogP contribution in [-0.4, -0.2) is 24.4 Å². The summed E-state index contributed by atoms with van der Waals surface area (Å²) in [5.41, 5.74) is 0.935. The lowest BCUT2D eigenvalue weighted by Crippen LogP contribution is -1.96. The predicted molar refractivity (Wildman–Crippen MR) is 61.9 cm³/mol. The Bertz CT molecular complexity index is 362. The van der Waals surface area contributed by atoms with Gasteiger partial charge < -0.3 is 14.6 Å². The Kier molecular flexibility index (Phi) is 3.34. The van der Waals surface area contributed by atoms with Gasteiger partial charge in [-0.05, 0) is 30.9 Å². The van der Waals surface area contributed by atoms with Crippen molar-refractivity contribution in [3.8, 4) is 11.5 Å². The van der Waals surface area contributed by atoms with Crippen LogP contribution in [0.25, 0.3) is 0 Å². The predicted octanol–water partition coefficient (Wildman–Crippen LogP) is 2.51. The van der Waals surface area contributed by atoms with Gasteiger partial charge in [-0.1, -0.05) is 19.1 Å². The number of rotatable bonds is 5. The number of methoxy groups -OCH3 is 1. The fraction of sp³-hybridized carbons (Fsp3) is 0.538. The molecule has 1 aromatic rings. The summed E-state index contributed by atoms with van der Waals surface area (Å²) >= 11 is 0. The number of epoxide rings is 1. The smallest absolute Gasteiger partial charge is 0.160 e. The molecule has 1 aliphatic heterocycles. The molecule has 16 heavy (non-hydrogen) atoms. The van der Waals surface area contributed by atoms with Gasteiger partial charge in [0, 0.05) is 0 Å². The average Bonchev–Trinajstić information content (AvgIpc) is 3.06. The van der Waals surface area contributed by atoms with Gasteiger partial charge >= 0.3 is 0 Å². The zero-order valence-electron chi connectivity index (χ0n) is 9.77. The van der Waals surface area contributed by atoms with E-state index in [0.717, 1.165) is 24.8 Å². The Balaban J connectivity index is 1.94. The van der Waals surface area contributed by atoms with Crippen molar-refractivity contribution in [1.82, 2.24) is 0 Å². The van der Waals surface area contributed by atoms with E-state index in [1.807, 2.05) is 12.1 Å². The average molecular weight is 222 g/mol. The number of benzene rings is 1. The molecule has 2 atom stereocenters. The lowest BCUT2D eigenvalue weighted by Gasteiger charge is -2.07. The first kappa shape index (κ1) is 11.3. The lowest BCUT2D eigenvalue weighted by molar-refractivity contribution is 0.356. The summed E-state index contributed by atoms with van der Waals surface area (Å²) in [6, 6.07) is 5.60. The highest BCUT2D eigenvalue weighted by molar-refractivity contribution is 5.45. The molecule has 88 valence electrons. The van der Waals surface area contributed by atoms with Gasteiger partial charge in [0.25, 0.3) is 0 Å². The van der Waals surface area contributed by atoms with E-state index < -0.39 is 0 Å². The number of hydrogen-bond acceptors (Lipinski definition) is 3. The Morgan fingerprint density at radius 2 is 2.19 bits per heavy atom. The molecule has 1 N–H and O–H groups in total. The topological polar surface area (TPSA) is 42.0 Å². The second kappa shape index (κ2) is 4.74. The minimum Gasteiger partial charge on any atom is -0.504 e. The number of para-hydroxylation sites is 1. The molecule has 2 unspecified atom stereocenters. The minimum absolute atomic E-state index is 0.263. The molecule has 3 heteroatoms. The van der Waals surface area contributed by atoms with Gasteiger partial charge in [-0.2, -0.15) is 0 Å². The fourth-order valence-electron chi connectivity index (χ4n) is 2.02. The molecule has 0 bridgehead atoms. The molecule has 0 radical (unpaired) electrons. The van der Waals surface area contributed by atoms with Gasteiger partial charge in [-0.3, -0.25) is 0 Å². The summed E-state index contributed by atoms with van der Waals surface area (Å²) in [4.78, 5) is 0. The molecule has 1 aromatic carbocycles. The minimum atomic E-state index is 0.263. The molecule has 0 amide bonds. The zero-order valence-corrected chi connectivity index (χ0v) is 9.77. The second-order valence-electron chi connectivity index (χ2n) is 4.13. The Labute approximate surface area is 96.0 Å². The molecule has 3 nitrogen and oxygen atoms in total. The van der Waals surface area contributed by atoms with E-state index in [9.17, 15) is 5.11 Å². The summed E-state index contributed by atoms with van der Waals surface area (Å²) < 4.78 is 10.5. The first-order chi connectivity index (χ1) is 7.76. The van der Waals surface area contributed by atoms with Crippen molar-refractivity contribution in [3.63, 3.8) is 0 Å². The number of ether oxygens (including phenoxy) is 2. The van der Waals surface area contributed by atoms with E-state index in [1.54, 1.807) is 13.2 Å². The number of aromatic hydroxyl groups is 1. The standard InChI is InChI=1S/C13H18O3/c1-3-10-11(16-10)8-7-9-5-4-6-12(15-2)13(9)14/h4-6,10-11,14H,3,7-8H2,1-2H3. The summed E-state index contributed by atoms with van der Waals surface area (Å²) in [5.74, 6) is 0.806. The highest BCUT2D eigenvalue weighted by Gasteiger charge is 2.36. The van der Waals surface area contributed by atoms with Crippen LogP contribution in [0.15, 0.2) is 18.2 Å². The fourth-order valence-corrected chi connectivity index (χ4v) is 2.02. The normalized spacial score (nSPS) is 23.1. The SMILES string of the molecule is CCC1OC1CCc1cccc(OC)c1O. The van der Waals surface area contributed by atoms with Crippen LogP contribution in [0.1, 0.15) is 25.3 Å². The molecule has 0 aromatic heterocycles. The Morgan fingerprint density at radius 3 is 2.81 bits per heavy atom. The van der Waals surface area contributed by atoms with Crippen LogP contribution < -0.4 is 4.74 Å². The number of phenols is 1. The molecule has 1 heterocycles. The highest BCUT2D eigenvalue weighted by atomic mass is 16.6. The van der Waals surface area contributed by atoms with Crippen molar-refractivity contribution in [1.29, 1.82) is 0 Å².